The molecule has 1 aliphatic rings. The third-order valence-electron chi connectivity index (χ3n) is 5.11. The molecule has 1 aliphatic heterocycles. The third-order valence-corrected chi connectivity index (χ3v) is 5.11. The van der Waals surface area contributed by atoms with Gasteiger partial charge in [0.25, 0.3) is 0 Å². The van der Waals surface area contributed by atoms with Crippen LogP contribution in [0.3, 0.4) is 0 Å². The van der Waals surface area contributed by atoms with E-state index in [0.29, 0.717) is 17.8 Å². The molecule has 0 bridgehead atoms. The van der Waals surface area contributed by atoms with Gasteiger partial charge in [0.15, 0.2) is 5.78 Å². The number of nitrogens with zero attached hydrogens (tertiary/aromatic N) is 4. The number of hydrogen-bond acceptors (Lipinski definition) is 6. The molecule has 0 atom stereocenters. The minimum atomic E-state index is -0.0452. The molecular weight excluding hydrogens is 354 g/mol. The van der Waals surface area contributed by atoms with Crippen LogP contribution in [-0.4, -0.2) is 59.3 Å². The lowest BCUT2D eigenvalue weighted by atomic mass is 10.1. The van der Waals surface area contributed by atoms with E-state index >= 15 is 0 Å². The number of benzene rings is 1. The molecule has 3 rings (SSSR count). The Balaban J connectivity index is 1.52. The molecule has 28 heavy (non-hydrogen) atoms. The van der Waals surface area contributed by atoms with E-state index in [4.69, 9.17) is 0 Å². The van der Waals surface area contributed by atoms with E-state index in [0.717, 1.165) is 44.1 Å². The topological polar surface area (TPSA) is 78.4 Å². The Morgan fingerprint density at radius 2 is 1.75 bits per heavy atom. The van der Waals surface area contributed by atoms with E-state index in [9.17, 15) is 9.59 Å². The summed E-state index contributed by atoms with van der Waals surface area (Å²) in [6, 6.07) is 6.98. The van der Waals surface area contributed by atoms with Crippen molar-refractivity contribution in [3.63, 3.8) is 0 Å². The number of nitrogens with one attached hydrogen (secondary N) is 1. The van der Waals surface area contributed by atoms with E-state index in [-0.39, 0.29) is 11.7 Å². The summed E-state index contributed by atoms with van der Waals surface area (Å²) in [5.74, 6) is 0.988. The van der Waals surface area contributed by atoms with Gasteiger partial charge < -0.3 is 10.2 Å². The molecule has 148 valence electrons. The van der Waals surface area contributed by atoms with Crippen molar-refractivity contribution < 1.29 is 9.59 Å². The molecule has 1 N–H and O–H groups in total. The van der Waals surface area contributed by atoms with E-state index < -0.39 is 0 Å². The summed E-state index contributed by atoms with van der Waals surface area (Å²) in [5, 5.41) is 2.90. The fraction of sp³-hybridized carbons (Fsp3) is 0.429. The second-order valence-corrected chi connectivity index (χ2v) is 7.06. The summed E-state index contributed by atoms with van der Waals surface area (Å²) in [4.78, 5) is 36.9. The molecule has 1 fully saturated rings. The van der Waals surface area contributed by atoms with Gasteiger partial charge in [-0.15, -0.1) is 0 Å². The summed E-state index contributed by atoms with van der Waals surface area (Å²) in [7, 11) is 0. The highest BCUT2D eigenvalue weighted by molar-refractivity contribution is 5.96. The van der Waals surface area contributed by atoms with E-state index in [1.165, 1.54) is 12.5 Å². The van der Waals surface area contributed by atoms with Crippen molar-refractivity contribution in [3.05, 3.63) is 47.4 Å². The number of aryl methyl sites for hydroxylation is 1. The predicted molar refractivity (Wildman–Crippen MR) is 110 cm³/mol. The number of Topliss-reactive ketones (excluding diaryl/α,β-unsaturated/α-hetero) is 1. The molecule has 7 nitrogen and oxygen atoms in total. The molecule has 0 saturated carbocycles. The van der Waals surface area contributed by atoms with Crippen LogP contribution in [0.5, 0.6) is 0 Å². The first-order valence-corrected chi connectivity index (χ1v) is 9.66. The molecular formula is C21H27N5O2. The van der Waals surface area contributed by atoms with Crippen molar-refractivity contribution in [2.24, 2.45) is 0 Å². The second kappa shape index (κ2) is 8.93. The van der Waals surface area contributed by atoms with Crippen molar-refractivity contribution in [1.29, 1.82) is 0 Å². The van der Waals surface area contributed by atoms with Crippen LogP contribution in [0.25, 0.3) is 0 Å². The summed E-state index contributed by atoms with van der Waals surface area (Å²) in [6.45, 7) is 9.32. The molecule has 0 spiro atoms. The Labute approximate surface area is 165 Å². The minimum Gasteiger partial charge on any atom is -0.354 e. The molecule has 1 aromatic heterocycles. The summed E-state index contributed by atoms with van der Waals surface area (Å²) < 4.78 is 0. The number of carbonyl (C=O) groups is 2. The maximum Gasteiger partial charge on any atom is 0.238 e. The van der Waals surface area contributed by atoms with Gasteiger partial charge in [-0.2, -0.15) is 0 Å². The first-order chi connectivity index (χ1) is 13.5. The number of aromatic nitrogens is 2. The van der Waals surface area contributed by atoms with Crippen molar-refractivity contribution in [1.82, 2.24) is 14.9 Å². The van der Waals surface area contributed by atoms with E-state index in [1.54, 1.807) is 30.6 Å². The zero-order valence-corrected chi connectivity index (χ0v) is 16.7. The first-order valence-electron chi connectivity index (χ1n) is 9.66. The van der Waals surface area contributed by atoms with Crippen LogP contribution in [0.4, 0.5) is 11.5 Å². The highest BCUT2D eigenvalue weighted by atomic mass is 16.2. The van der Waals surface area contributed by atoms with Crippen LogP contribution in [-0.2, 0) is 11.2 Å². The quantitative estimate of drug-likeness (QED) is 0.774. The zero-order valence-electron chi connectivity index (χ0n) is 16.7. The molecule has 7 heteroatoms. The number of ketones is 1. The van der Waals surface area contributed by atoms with Crippen LogP contribution in [0.1, 0.15) is 35.5 Å². The SMILES string of the molecule is CCc1c(C)ncnc1N1CCN(CC(=O)Nc2ccc(C(C)=O)cc2)CC1. The number of carbonyl (C=O) groups excluding carboxylic acids is 2. The average molecular weight is 381 g/mol. The molecule has 1 aromatic carbocycles. The Morgan fingerprint density at radius 1 is 1.07 bits per heavy atom. The highest BCUT2D eigenvalue weighted by Gasteiger charge is 2.22. The third kappa shape index (κ3) is 4.72. The Morgan fingerprint density at radius 3 is 2.36 bits per heavy atom. The van der Waals surface area contributed by atoms with Gasteiger partial charge >= 0.3 is 0 Å². The van der Waals surface area contributed by atoms with Gasteiger partial charge in [-0.05, 0) is 44.5 Å². The van der Waals surface area contributed by atoms with Gasteiger partial charge in [-0.1, -0.05) is 6.92 Å². The molecule has 0 radical (unpaired) electrons. The summed E-state index contributed by atoms with van der Waals surface area (Å²) >= 11 is 0. The fourth-order valence-corrected chi connectivity index (χ4v) is 3.48. The van der Waals surface area contributed by atoms with Crippen molar-refractivity contribution >= 4 is 23.2 Å². The maximum absolute atomic E-state index is 12.3. The molecule has 1 saturated heterocycles. The zero-order chi connectivity index (χ0) is 20.1. The number of piperazine rings is 1. The lowest BCUT2D eigenvalue weighted by Gasteiger charge is -2.35. The van der Waals surface area contributed by atoms with E-state index in [1.807, 2.05) is 6.92 Å². The minimum absolute atomic E-state index is 0.0147. The van der Waals surface area contributed by atoms with E-state index in [2.05, 4.69) is 32.0 Å². The normalized spacial score (nSPS) is 14.8. The van der Waals surface area contributed by atoms with Gasteiger partial charge in [0, 0.05) is 48.7 Å². The lowest BCUT2D eigenvalue weighted by molar-refractivity contribution is -0.117. The molecule has 2 aromatic rings. The number of amides is 1. The predicted octanol–water partition coefficient (Wildman–Crippen LogP) is 2.31. The van der Waals surface area contributed by atoms with Gasteiger partial charge in [-0.25, -0.2) is 9.97 Å². The van der Waals surface area contributed by atoms with Crippen LogP contribution >= 0.6 is 0 Å². The molecule has 0 unspecified atom stereocenters. The fourth-order valence-electron chi connectivity index (χ4n) is 3.48. The molecule has 0 aliphatic carbocycles. The Hall–Kier alpha value is -2.80. The molecule has 2 heterocycles. The largest absolute Gasteiger partial charge is 0.354 e. The smallest absolute Gasteiger partial charge is 0.238 e. The van der Waals surface area contributed by atoms with Crippen LogP contribution in [0, 0.1) is 6.92 Å². The average Bonchev–Trinajstić information content (AvgIpc) is 2.68. The van der Waals surface area contributed by atoms with Gasteiger partial charge in [0.2, 0.25) is 5.91 Å². The van der Waals surface area contributed by atoms with Gasteiger partial charge in [0.05, 0.1) is 6.54 Å². The maximum atomic E-state index is 12.3. The monoisotopic (exact) mass is 381 g/mol. The van der Waals surface area contributed by atoms with Crippen LogP contribution < -0.4 is 10.2 Å². The van der Waals surface area contributed by atoms with Crippen molar-refractivity contribution in [3.8, 4) is 0 Å². The van der Waals surface area contributed by atoms with Crippen molar-refractivity contribution in [2.45, 2.75) is 27.2 Å². The lowest BCUT2D eigenvalue weighted by Crippen LogP contribution is -2.49. The van der Waals surface area contributed by atoms with Crippen molar-refractivity contribution in [2.75, 3.05) is 42.9 Å². The second-order valence-electron chi connectivity index (χ2n) is 7.06. The molecule has 1 amide bonds. The number of anilines is 2. The first kappa shape index (κ1) is 19.9. The highest BCUT2D eigenvalue weighted by Crippen LogP contribution is 2.21. The summed E-state index contributed by atoms with van der Waals surface area (Å²) in [5.41, 5.74) is 3.58. The van der Waals surface area contributed by atoms with Gasteiger partial charge in [-0.3, -0.25) is 14.5 Å². The number of rotatable bonds is 6. The van der Waals surface area contributed by atoms with Crippen LogP contribution in [0.15, 0.2) is 30.6 Å². The summed E-state index contributed by atoms with van der Waals surface area (Å²) in [6.07, 6.45) is 2.54. The Kier molecular flexibility index (Phi) is 6.36. The Bertz CT molecular complexity index is 842. The number of hydrogen-bond donors (Lipinski definition) is 1. The van der Waals surface area contributed by atoms with Gasteiger partial charge in [0.1, 0.15) is 12.1 Å². The van der Waals surface area contributed by atoms with Crippen LogP contribution in [0.2, 0.25) is 0 Å². The standard InChI is InChI=1S/C21H27N5O2/c1-4-19-15(2)22-14-23-21(19)26-11-9-25(10-12-26)13-20(28)24-18-7-5-17(6-8-18)16(3)27/h5-8,14H,4,9-13H2,1-3H3,(H,24,28).